The Labute approximate surface area is 213 Å². The first-order valence-corrected chi connectivity index (χ1v) is 15.2. The fraction of sp³-hybridized carbons (Fsp3) is 0.625. The number of ether oxygens (including phenoxy) is 1. The van der Waals surface area contributed by atoms with Crippen LogP contribution in [0.3, 0.4) is 0 Å². The summed E-state index contributed by atoms with van der Waals surface area (Å²) in [7, 11) is -1.80. The molecule has 2 rings (SSSR count). The molecule has 1 aliphatic heterocycles. The second kappa shape index (κ2) is 12.6. The number of carbonyl (C=O) groups excluding carboxylic acids is 1. The first-order valence-electron chi connectivity index (χ1n) is 11.5. The van der Waals surface area contributed by atoms with E-state index in [9.17, 15) is 14.4 Å². The summed E-state index contributed by atoms with van der Waals surface area (Å²) in [5.74, 6) is 0.963. The molecule has 198 valence electrons. The molecular formula is C24H40N2O7SSi. The average molecular weight is 529 g/mol. The van der Waals surface area contributed by atoms with Gasteiger partial charge in [-0.15, -0.1) is 0 Å². The maximum atomic E-state index is 12.2. The third-order valence-corrected chi connectivity index (χ3v) is 10.4. The highest BCUT2D eigenvalue weighted by Crippen LogP contribution is 2.37. The van der Waals surface area contributed by atoms with Crippen molar-refractivity contribution < 1.29 is 33.8 Å². The summed E-state index contributed by atoms with van der Waals surface area (Å²) in [4.78, 5) is 35.1. The molecular weight excluding hydrogens is 488 g/mol. The summed E-state index contributed by atoms with van der Waals surface area (Å²) in [5.41, 5.74) is 0.830. The van der Waals surface area contributed by atoms with Gasteiger partial charge in [-0.25, -0.2) is 14.4 Å². The second-order valence-corrected chi connectivity index (χ2v) is 16.5. The second-order valence-electron chi connectivity index (χ2n) is 10.9. The summed E-state index contributed by atoms with van der Waals surface area (Å²) in [6, 6.07) is 8.49. The first-order chi connectivity index (χ1) is 15.9. The van der Waals surface area contributed by atoms with Gasteiger partial charge in [-0.3, -0.25) is 4.90 Å². The standard InChI is InChI=1S/C22H38N2O3Si.C2H2O4S/c1-21(2,3)26-20(25)24-15-13-23(14-16-24)17-18-9-11-19(12-10-18)27-28(7,8)22(4,5)6;3-1(4)7-2(5)6/h9-12H,13-17H2,1-8H3;(H,3,4)(H,5,6). The number of carbonyl (C=O) groups is 3. The van der Waals surface area contributed by atoms with E-state index in [1.165, 1.54) is 5.56 Å². The van der Waals surface area contributed by atoms with E-state index in [4.69, 9.17) is 19.4 Å². The van der Waals surface area contributed by atoms with Crippen molar-refractivity contribution in [3.8, 4) is 5.75 Å². The third-order valence-electron chi connectivity index (χ3n) is 5.71. The highest BCUT2D eigenvalue weighted by atomic mass is 32.2. The molecule has 9 nitrogen and oxygen atoms in total. The van der Waals surface area contributed by atoms with Crippen LogP contribution in [0.25, 0.3) is 0 Å². The lowest BCUT2D eigenvalue weighted by atomic mass is 10.2. The summed E-state index contributed by atoms with van der Waals surface area (Å²) >= 11 is -0.157. The van der Waals surface area contributed by atoms with Crippen LogP contribution in [0, 0.1) is 0 Å². The van der Waals surface area contributed by atoms with Gasteiger partial charge in [0, 0.05) is 32.7 Å². The topological polar surface area (TPSA) is 117 Å². The van der Waals surface area contributed by atoms with Gasteiger partial charge in [-0.05, 0) is 56.6 Å². The third kappa shape index (κ3) is 11.8. The molecule has 1 aliphatic rings. The lowest BCUT2D eigenvalue weighted by Crippen LogP contribution is -2.49. The summed E-state index contributed by atoms with van der Waals surface area (Å²) in [6.07, 6.45) is -0.209. The predicted octanol–water partition coefficient (Wildman–Crippen LogP) is 6.20. The van der Waals surface area contributed by atoms with Gasteiger partial charge in [0.05, 0.1) is 11.8 Å². The van der Waals surface area contributed by atoms with Crippen LogP contribution in [0.4, 0.5) is 14.4 Å². The van der Waals surface area contributed by atoms with E-state index in [2.05, 4.69) is 63.0 Å². The zero-order valence-corrected chi connectivity index (χ0v) is 23.9. The van der Waals surface area contributed by atoms with Gasteiger partial charge in [0.25, 0.3) is 0 Å². The molecule has 1 heterocycles. The van der Waals surface area contributed by atoms with E-state index >= 15 is 0 Å². The predicted molar refractivity (Wildman–Crippen MR) is 141 cm³/mol. The van der Waals surface area contributed by atoms with Crippen LogP contribution >= 0.6 is 11.8 Å². The first kappa shape index (κ1) is 30.8. The average Bonchev–Trinajstić information content (AvgIpc) is 2.67. The Balaban J connectivity index is 0.000000762. The lowest BCUT2D eigenvalue weighted by Gasteiger charge is -2.36. The van der Waals surface area contributed by atoms with E-state index in [1.54, 1.807) is 4.90 Å². The number of amides is 1. The van der Waals surface area contributed by atoms with Crippen LogP contribution in [0.5, 0.6) is 5.75 Å². The van der Waals surface area contributed by atoms with Crippen LogP contribution < -0.4 is 4.43 Å². The Morgan fingerprint density at radius 3 is 1.77 bits per heavy atom. The summed E-state index contributed by atoms with van der Waals surface area (Å²) in [6.45, 7) is 21.0. The maximum absolute atomic E-state index is 12.2. The maximum Gasteiger partial charge on any atom is 0.410 e. The van der Waals surface area contributed by atoms with E-state index in [-0.39, 0.29) is 22.9 Å². The highest BCUT2D eigenvalue weighted by molar-refractivity contribution is 8.25. The van der Waals surface area contributed by atoms with Gasteiger partial charge in [-0.1, -0.05) is 32.9 Å². The number of carboxylic acid groups (broad SMARTS) is 2. The molecule has 0 saturated carbocycles. The smallest absolute Gasteiger partial charge is 0.410 e. The Bertz CT molecular complexity index is 844. The van der Waals surface area contributed by atoms with Crippen molar-refractivity contribution in [1.29, 1.82) is 0 Å². The number of piperazine rings is 1. The highest BCUT2D eigenvalue weighted by Gasteiger charge is 2.38. The molecule has 0 aromatic heterocycles. The van der Waals surface area contributed by atoms with Crippen LogP contribution in [0.2, 0.25) is 18.1 Å². The van der Waals surface area contributed by atoms with Crippen LogP contribution in [-0.4, -0.2) is 76.8 Å². The molecule has 35 heavy (non-hydrogen) atoms. The Morgan fingerprint density at radius 1 is 0.914 bits per heavy atom. The number of hydrogen-bond donors (Lipinski definition) is 2. The lowest BCUT2D eigenvalue weighted by molar-refractivity contribution is 0.0139. The number of rotatable bonds is 4. The van der Waals surface area contributed by atoms with Gasteiger partial charge in [0.1, 0.15) is 11.4 Å². The number of nitrogens with zero attached hydrogens (tertiary/aromatic N) is 2. The fourth-order valence-electron chi connectivity index (χ4n) is 2.86. The van der Waals surface area contributed by atoms with Gasteiger partial charge < -0.3 is 24.3 Å². The fourth-order valence-corrected chi connectivity index (χ4v) is 4.04. The zero-order chi connectivity index (χ0) is 27.0. The molecule has 0 bridgehead atoms. The van der Waals surface area contributed by atoms with Crippen molar-refractivity contribution in [1.82, 2.24) is 9.80 Å². The number of benzene rings is 1. The molecule has 0 atom stereocenters. The molecule has 1 aromatic rings. The minimum Gasteiger partial charge on any atom is -0.544 e. The van der Waals surface area contributed by atoms with Crippen LogP contribution in [0.1, 0.15) is 47.1 Å². The largest absolute Gasteiger partial charge is 0.544 e. The molecule has 0 spiro atoms. The molecule has 1 fully saturated rings. The van der Waals surface area contributed by atoms with Crippen LogP contribution in [-0.2, 0) is 11.3 Å². The Hall–Kier alpha value is -2.24. The summed E-state index contributed by atoms with van der Waals surface area (Å²) < 4.78 is 11.8. The van der Waals surface area contributed by atoms with Crippen molar-refractivity contribution in [2.24, 2.45) is 0 Å². The molecule has 1 aromatic carbocycles. The van der Waals surface area contributed by atoms with Gasteiger partial charge in [0.15, 0.2) is 0 Å². The molecule has 1 amide bonds. The van der Waals surface area contributed by atoms with Crippen molar-refractivity contribution >= 4 is 36.8 Å². The molecule has 11 heteroatoms. The number of thioether (sulfide) groups is 1. The SMILES string of the molecule is CC(C)(C)OC(=O)N1CCN(Cc2ccc(O[Si](C)(C)C(C)(C)C)cc2)CC1.O=C(O)SC(=O)O. The number of hydrogen-bond acceptors (Lipinski definition) is 7. The quantitative estimate of drug-likeness (QED) is 0.441. The molecule has 0 radical (unpaired) electrons. The zero-order valence-electron chi connectivity index (χ0n) is 22.1. The van der Waals surface area contributed by atoms with Crippen LogP contribution in [0.15, 0.2) is 24.3 Å². The van der Waals surface area contributed by atoms with Gasteiger partial charge in [0.2, 0.25) is 8.32 Å². The van der Waals surface area contributed by atoms with E-state index in [1.807, 2.05) is 20.8 Å². The molecule has 2 N–H and O–H groups in total. The Kier molecular flexibility index (Phi) is 11.1. The monoisotopic (exact) mass is 528 g/mol. The van der Waals surface area contributed by atoms with E-state index in [0.29, 0.717) is 13.1 Å². The van der Waals surface area contributed by atoms with Crippen molar-refractivity contribution in [3.05, 3.63) is 29.8 Å². The van der Waals surface area contributed by atoms with Crippen molar-refractivity contribution in [2.45, 2.75) is 71.8 Å². The Morgan fingerprint density at radius 2 is 1.40 bits per heavy atom. The minimum atomic E-state index is -1.80. The van der Waals surface area contributed by atoms with Crippen molar-refractivity contribution in [2.75, 3.05) is 26.2 Å². The van der Waals surface area contributed by atoms with E-state index < -0.39 is 24.5 Å². The van der Waals surface area contributed by atoms with Crippen molar-refractivity contribution in [3.63, 3.8) is 0 Å². The molecule has 0 aliphatic carbocycles. The summed E-state index contributed by atoms with van der Waals surface area (Å²) in [5, 5.41) is 12.7. The minimum absolute atomic E-state index is 0.157. The van der Waals surface area contributed by atoms with E-state index in [0.717, 1.165) is 25.4 Å². The van der Waals surface area contributed by atoms with Gasteiger partial charge >= 0.3 is 16.7 Å². The normalized spacial score (nSPS) is 15.0. The molecule has 1 saturated heterocycles. The molecule has 0 unspecified atom stereocenters. The van der Waals surface area contributed by atoms with Gasteiger partial charge in [-0.2, -0.15) is 0 Å².